The van der Waals surface area contributed by atoms with Crippen LogP contribution < -0.4 is 5.32 Å². The Morgan fingerprint density at radius 3 is 2.86 bits per heavy atom. The summed E-state index contributed by atoms with van der Waals surface area (Å²) in [4.78, 5) is 12.6. The summed E-state index contributed by atoms with van der Waals surface area (Å²) in [7, 11) is 0. The minimum Gasteiger partial charge on any atom is -0.340 e. The van der Waals surface area contributed by atoms with Crippen LogP contribution in [0.25, 0.3) is 10.9 Å². The first-order valence-electron chi connectivity index (χ1n) is 6.28. The van der Waals surface area contributed by atoms with E-state index in [0.29, 0.717) is 11.5 Å². The molecule has 0 saturated heterocycles. The van der Waals surface area contributed by atoms with Gasteiger partial charge in [-0.15, -0.1) is 6.42 Å². The fourth-order valence-corrected chi connectivity index (χ4v) is 2.01. The van der Waals surface area contributed by atoms with Crippen molar-refractivity contribution in [3.05, 3.63) is 53.9 Å². The van der Waals surface area contributed by atoms with Crippen LogP contribution in [0.15, 0.2) is 36.8 Å². The van der Waals surface area contributed by atoms with Crippen LogP contribution >= 0.6 is 0 Å². The fraction of sp³-hybridized carbons (Fsp3) is 0.0625. The van der Waals surface area contributed by atoms with E-state index in [1.165, 1.54) is 12.4 Å². The monoisotopic (exact) mass is 278 g/mol. The number of rotatable bonds is 2. The predicted molar refractivity (Wildman–Crippen MR) is 79.7 cm³/mol. The van der Waals surface area contributed by atoms with Crippen molar-refractivity contribution in [3.8, 4) is 12.3 Å². The molecule has 0 aliphatic rings. The van der Waals surface area contributed by atoms with Gasteiger partial charge in [0.1, 0.15) is 18.0 Å². The van der Waals surface area contributed by atoms with E-state index in [4.69, 9.17) is 6.42 Å². The van der Waals surface area contributed by atoms with Gasteiger partial charge in [-0.25, -0.2) is 14.4 Å². The number of hydrogen-bond donors (Lipinski definition) is 1. The molecule has 0 atom stereocenters. The Balaban J connectivity index is 2.06. The molecular weight excluding hydrogens is 267 g/mol. The van der Waals surface area contributed by atoms with E-state index < -0.39 is 5.82 Å². The summed E-state index contributed by atoms with van der Waals surface area (Å²) in [6, 6.07) is 6.40. The maximum Gasteiger partial charge on any atom is 0.141 e. The van der Waals surface area contributed by atoms with Crippen molar-refractivity contribution < 1.29 is 4.39 Å². The predicted octanol–water partition coefficient (Wildman–Crippen LogP) is 3.20. The Bertz CT molecular complexity index is 868. The maximum absolute atomic E-state index is 13.4. The standard InChI is InChI=1S/C16H11FN4/c1-3-11-7-12(4-5-14(11)17)21-16-13-6-10(2)18-8-15(13)19-9-20-16/h1,4-9H,2H3,(H,19,20,21). The lowest BCUT2D eigenvalue weighted by atomic mass is 10.2. The molecule has 4 nitrogen and oxygen atoms in total. The molecule has 0 bridgehead atoms. The summed E-state index contributed by atoms with van der Waals surface area (Å²) in [5, 5.41) is 3.98. The van der Waals surface area contributed by atoms with E-state index in [9.17, 15) is 4.39 Å². The van der Waals surface area contributed by atoms with Crippen molar-refractivity contribution in [2.45, 2.75) is 6.92 Å². The molecule has 0 unspecified atom stereocenters. The van der Waals surface area contributed by atoms with Crippen molar-refractivity contribution in [1.82, 2.24) is 15.0 Å². The van der Waals surface area contributed by atoms with Gasteiger partial charge in [0.25, 0.3) is 0 Å². The van der Waals surface area contributed by atoms with E-state index in [1.807, 2.05) is 13.0 Å². The fourth-order valence-electron chi connectivity index (χ4n) is 2.01. The highest BCUT2D eigenvalue weighted by atomic mass is 19.1. The zero-order valence-corrected chi connectivity index (χ0v) is 11.3. The van der Waals surface area contributed by atoms with Crippen LogP contribution in [0.4, 0.5) is 15.9 Å². The zero-order chi connectivity index (χ0) is 14.8. The number of anilines is 2. The molecule has 0 aliphatic carbocycles. The quantitative estimate of drug-likeness (QED) is 0.731. The van der Waals surface area contributed by atoms with Crippen LogP contribution in [0, 0.1) is 25.1 Å². The number of halogens is 1. The van der Waals surface area contributed by atoms with E-state index in [0.717, 1.165) is 16.6 Å². The molecule has 0 fully saturated rings. The number of pyridine rings is 1. The number of aryl methyl sites for hydroxylation is 1. The molecule has 2 aromatic heterocycles. The lowest BCUT2D eigenvalue weighted by Gasteiger charge is -2.09. The third kappa shape index (κ3) is 2.51. The molecule has 21 heavy (non-hydrogen) atoms. The molecule has 0 spiro atoms. The van der Waals surface area contributed by atoms with Gasteiger partial charge in [-0.05, 0) is 31.2 Å². The lowest BCUT2D eigenvalue weighted by molar-refractivity contribution is 0.624. The number of nitrogens with zero attached hydrogens (tertiary/aromatic N) is 3. The molecule has 1 N–H and O–H groups in total. The smallest absolute Gasteiger partial charge is 0.141 e. The Hall–Kier alpha value is -3.00. The molecule has 102 valence electrons. The Morgan fingerprint density at radius 2 is 2.05 bits per heavy atom. The molecule has 3 rings (SSSR count). The molecule has 0 radical (unpaired) electrons. The Morgan fingerprint density at radius 1 is 1.19 bits per heavy atom. The molecule has 3 aromatic rings. The maximum atomic E-state index is 13.4. The van der Waals surface area contributed by atoms with Crippen LogP contribution in [-0.4, -0.2) is 15.0 Å². The first-order chi connectivity index (χ1) is 10.2. The van der Waals surface area contributed by atoms with Crippen LogP contribution in [0.1, 0.15) is 11.3 Å². The van der Waals surface area contributed by atoms with Gasteiger partial charge in [0.2, 0.25) is 0 Å². The van der Waals surface area contributed by atoms with Gasteiger partial charge < -0.3 is 5.32 Å². The largest absolute Gasteiger partial charge is 0.340 e. The second-order valence-corrected chi connectivity index (χ2v) is 4.53. The average Bonchev–Trinajstić information content (AvgIpc) is 2.50. The van der Waals surface area contributed by atoms with Crippen LogP contribution in [-0.2, 0) is 0 Å². The van der Waals surface area contributed by atoms with Gasteiger partial charge >= 0.3 is 0 Å². The Kier molecular flexibility index (Phi) is 3.20. The van der Waals surface area contributed by atoms with Gasteiger partial charge in [-0.3, -0.25) is 4.98 Å². The highest BCUT2D eigenvalue weighted by Gasteiger charge is 2.06. The molecule has 1 aromatic carbocycles. The molecule has 5 heteroatoms. The van der Waals surface area contributed by atoms with Crippen molar-refractivity contribution in [1.29, 1.82) is 0 Å². The normalized spacial score (nSPS) is 10.3. The van der Waals surface area contributed by atoms with E-state index in [-0.39, 0.29) is 5.56 Å². The first-order valence-corrected chi connectivity index (χ1v) is 6.28. The number of terminal acetylenes is 1. The minimum atomic E-state index is -0.421. The molecule has 0 aliphatic heterocycles. The molecule has 2 heterocycles. The second-order valence-electron chi connectivity index (χ2n) is 4.53. The lowest BCUT2D eigenvalue weighted by Crippen LogP contribution is -1.98. The van der Waals surface area contributed by atoms with E-state index in [2.05, 4.69) is 26.2 Å². The van der Waals surface area contributed by atoms with Crippen molar-refractivity contribution >= 4 is 22.4 Å². The second kappa shape index (κ2) is 5.17. The average molecular weight is 278 g/mol. The third-order valence-electron chi connectivity index (χ3n) is 3.04. The number of nitrogens with one attached hydrogen (secondary N) is 1. The SMILES string of the molecule is C#Cc1cc(Nc2ncnc3cnc(C)cc23)ccc1F. The number of hydrogen-bond acceptors (Lipinski definition) is 4. The van der Waals surface area contributed by atoms with Gasteiger partial charge in [0, 0.05) is 16.8 Å². The van der Waals surface area contributed by atoms with Crippen molar-refractivity contribution in [2.24, 2.45) is 0 Å². The summed E-state index contributed by atoms with van der Waals surface area (Å²) >= 11 is 0. The van der Waals surface area contributed by atoms with Crippen LogP contribution in [0.5, 0.6) is 0 Å². The molecule has 0 saturated carbocycles. The summed E-state index contributed by atoms with van der Waals surface area (Å²) in [6.45, 7) is 1.89. The van der Waals surface area contributed by atoms with Crippen LogP contribution in [0.3, 0.4) is 0 Å². The van der Waals surface area contributed by atoms with Gasteiger partial charge in [0.15, 0.2) is 0 Å². The topological polar surface area (TPSA) is 50.7 Å². The summed E-state index contributed by atoms with van der Waals surface area (Å²) in [6.07, 6.45) is 8.41. The zero-order valence-electron chi connectivity index (χ0n) is 11.3. The molecular formula is C16H11FN4. The van der Waals surface area contributed by atoms with Gasteiger partial charge in [0.05, 0.1) is 17.3 Å². The summed E-state index contributed by atoms with van der Waals surface area (Å²) in [5.74, 6) is 2.51. The van der Waals surface area contributed by atoms with Crippen molar-refractivity contribution in [3.63, 3.8) is 0 Å². The molecule has 0 amide bonds. The highest BCUT2D eigenvalue weighted by Crippen LogP contribution is 2.24. The van der Waals surface area contributed by atoms with Gasteiger partial charge in [-0.1, -0.05) is 5.92 Å². The van der Waals surface area contributed by atoms with Crippen LogP contribution in [0.2, 0.25) is 0 Å². The van der Waals surface area contributed by atoms with Crippen molar-refractivity contribution in [2.75, 3.05) is 5.32 Å². The number of aromatic nitrogens is 3. The highest BCUT2D eigenvalue weighted by molar-refractivity contribution is 5.90. The van der Waals surface area contributed by atoms with E-state index in [1.54, 1.807) is 18.3 Å². The first kappa shape index (κ1) is 13.0. The summed E-state index contributed by atoms with van der Waals surface area (Å²) < 4.78 is 13.4. The number of fused-ring (bicyclic) bond motifs is 1. The van der Waals surface area contributed by atoms with E-state index >= 15 is 0 Å². The third-order valence-corrected chi connectivity index (χ3v) is 3.04. The van der Waals surface area contributed by atoms with Gasteiger partial charge in [-0.2, -0.15) is 0 Å². The number of benzene rings is 1. The minimum absolute atomic E-state index is 0.205. The Labute approximate surface area is 121 Å². The summed E-state index contributed by atoms with van der Waals surface area (Å²) in [5.41, 5.74) is 2.47.